The van der Waals surface area contributed by atoms with Crippen LogP contribution in [0.15, 0.2) is 18.6 Å². The summed E-state index contributed by atoms with van der Waals surface area (Å²) in [6.45, 7) is 0.319. The highest BCUT2D eigenvalue weighted by atomic mass is 16.4. The molecular weight excluding hydrogens is 210 g/mol. The van der Waals surface area contributed by atoms with Crippen LogP contribution in [0.5, 0.6) is 0 Å². The van der Waals surface area contributed by atoms with Gasteiger partial charge in [0.2, 0.25) is 5.91 Å². The second kappa shape index (κ2) is 6.49. The van der Waals surface area contributed by atoms with Crippen molar-refractivity contribution in [3.63, 3.8) is 0 Å². The third-order valence-corrected chi connectivity index (χ3v) is 1.88. The molecule has 0 aliphatic rings. The monoisotopic (exact) mass is 223 g/mol. The smallest absolute Gasteiger partial charge is 0.303 e. The predicted octanol–water partition coefficient (Wildman–Crippen LogP) is 0.348. The van der Waals surface area contributed by atoms with Crippen LogP contribution in [0.3, 0.4) is 0 Å². The number of carboxylic acid groups (broad SMARTS) is 1. The van der Waals surface area contributed by atoms with Crippen molar-refractivity contribution in [1.82, 2.24) is 15.3 Å². The number of hydrogen-bond donors (Lipinski definition) is 2. The molecule has 1 rings (SSSR count). The lowest BCUT2D eigenvalue weighted by atomic mass is 10.2. The summed E-state index contributed by atoms with van der Waals surface area (Å²) in [5.41, 5.74) is 0.675. The molecule has 6 nitrogen and oxygen atoms in total. The predicted molar refractivity (Wildman–Crippen MR) is 55.4 cm³/mol. The number of aromatic nitrogens is 2. The highest BCUT2D eigenvalue weighted by Gasteiger charge is 2.03. The molecule has 0 aliphatic heterocycles. The highest BCUT2D eigenvalue weighted by molar-refractivity contribution is 5.76. The van der Waals surface area contributed by atoms with E-state index in [1.807, 2.05) is 0 Å². The number of carboxylic acids is 1. The van der Waals surface area contributed by atoms with Crippen LogP contribution in [-0.4, -0.2) is 27.0 Å². The Morgan fingerprint density at radius 2 is 2.12 bits per heavy atom. The molecule has 0 fully saturated rings. The molecule has 1 amide bonds. The average molecular weight is 223 g/mol. The van der Waals surface area contributed by atoms with Crippen LogP contribution in [0, 0.1) is 0 Å². The van der Waals surface area contributed by atoms with Crippen molar-refractivity contribution in [2.45, 2.75) is 25.8 Å². The zero-order valence-electron chi connectivity index (χ0n) is 8.72. The minimum atomic E-state index is -0.887. The standard InChI is InChI=1S/C10H13N3O3/c14-9(2-1-3-10(15)16)13-7-8-6-11-4-5-12-8/h4-6H,1-3,7H2,(H,13,14)(H,15,16). The summed E-state index contributed by atoms with van der Waals surface area (Å²) < 4.78 is 0. The number of amides is 1. The molecule has 0 unspecified atom stereocenters. The van der Waals surface area contributed by atoms with Gasteiger partial charge in [0.05, 0.1) is 18.4 Å². The summed E-state index contributed by atoms with van der Waals surface area (Å²) in [5, 5.41) is 11.0. The Morgan fingerprint density at radius 1 is 1.31 bits per heavy atom. The molecule has 0 aliphatic carbocycles. The lowest BCUT2D eigenvalue weighted by Crippen LogP contribution is -2.23. The van der Waals surface area contributed by atoms with E-state index in [0.29, 0.717) is 18.7 Å². The number of nitrogens with one attached hydrogen (secondary N) is 1. The third kappa shape index (κ3) is 5.04. The molecule has 86 valence electrons. The normalized spacial score (nSPS) is 9.75. The van der Waals surface area contributed by atoms with Gasteiger partial charge in [0, 0.05) is 25.2 Å². The molecule has 6 heteroatoms. The summed E-state index contributed by atoms with van der Waals surface area (Å²) in [6.07, 6.45) is 5.24. The van der Waals surface area contributed by atoms with Crippen LogP contribution >= 0.6 is 0 Å². The van der Waals surface area contributed by atoms with Crippen molar-refractivity contribution < 1.29 is 14.7 Å². The Bertz CT molecular complexity index is 354. The number of hydrogen-bond acceptors (Lipinski definition) is 4. The number of carbonyl (C=O) groups excluding carboxylic acids is 1. The van der Waals surface area contributed by atoms with E-state index in [9.17, 15) is 9.59 Å². The summed E-state index contributed by atoms with van der Waals surface area (Å²) in [5.74, 6) is -1.06. The zero-order chi connectivity index (χ0) is 11.8. The van der Waals surface area contributed by atoms with Gasteiger partial charge in [0.25, 0.3) is 0 Å². The first kappa shape index (κ1) is 12.1. The number of aliphatic carboxylic acids is 1. The Hall–Kier alpha value is -1.98. The fourth-order valence-corrected chi connectivity index (χ4v) is 1.10. The van der Waals surface area contributed by atoms with Gasteiger partial charge in [-0.25, -0.2) is 0 Å². The van der Waals surface area contributed by atoms with Gasteiger partial charge in [0.1, 0.15) is 0 Å². The van der Waals surface area contributed by atoms with Gasteiger partial charge in [-0.3, -0.25) is 19.6 Å². The van der Waals surface area contributed by atoms with Crippen LogP contribution in [0.2, 0.25) is 0 Å². The first-order valence-corrected chi connectivity index (χ1v) is 4.92. The molecule has 2 N–H and O–H groups in total. The Labute approximate surface area is 92.7 Å². The maximum absolute atomic E-state index is 11.2. The van der Waals surface area contributed by atoms with Gasteiger partial charge in [-0.1, -0.05) is 0 Å². The van der Waals surface area contributed by atoms with Crippen LogP contribution in [-0.2, 0) is 16.1 Å². The fourth-order valence-electron chi connectivity index (χ4n) is 1.10. The summed E-state index contributed by atoms with van der Waals surface area (Å²) >= 11 is 0. The second-order valence-corrected chi connectivity index (χ2v) is 3.22. The van der Waals surface area contributed by atoms with Gasteiger partial charge >= 0.3 is 5.97 Å². The lowest BCUT2D eigenvalue weighted by Gasteiger charge is -2.03. The van der Waals surface area contributed by atoms with E-state index >= 15 is 0 Å². The van der Waals surface area contributed by atoms with Crippen LogP contribution in [0.4, 0.5) is 0 Å². The molecule has 0 bridgehead atoms. The van der Waals surface area contributed by atoms with Gasteiger partial charge in [-0.15, -0.1) is 0 Å². The molecule has 1 aromatic heterocycles. The van der Waals surface area contributed by atoms with Gasteiger partial charge in [-0.05, 0) is 6.42 Å². The summed E-state index contributed by atoms with van der Waals surface area (Å²) in [4.78, 5) is 29.3. The van der Waals surface area contributed by atoms with E-state index in [1.165, 1.54) is 0 Å². The Morgan fingerprint density at radius 3 is 2.75 bits per heavy atom. The molecule has 0 atom stereocenters. The zero-order valence-corrected chi connectivity index (χ0v) is 8.72. The van der Waals surface area contributed by atoms with Crippen molar-refractivity contribution >= 4 is 11.9 Å². The van der Waals surface area contributed by atoms with E-state index in [2.05, 4.69) is 15.3 Å². The number of rotatable bonds is 6. The first-order chi connectivity index (χ1) is 7.68. The van der Waals surface area contributed by atoms with Crippen molar-refractivity contribution in [2.75, 3.05) is 0 Å². The van der Waals surface area contributed by atoms with Crippen LogP contribution < -0.4 is 5.32 Å². The van der Waals surface area contributed by atoms with Crippen LogP contribution in [0.1, 0.15) is 25.0 Å². The maximum atomic E-state index is 11.2. The second-order valence-electron chi connectivity index (χ2n) is 3.22. The molecule has 1 aromatic rings. The minimum Gasteiger partial charge on any atom is -0.481 e. The molecular formula is C10H13N3O3. The third-order valence-electron chi connectivity index (χ3n) is 1.88. The lowest BCUT2D eigenvalue weighted by molar-refractivity contribution is -0.137. The average Bonchev–Trinajstić information content (AvgIpc) is 2.27. The van der Waals surface area contributed by atoms with Crippen molar-refractivity contribution in [2.24, 2.45) is 0 Å². The van der Waals surface area contributed by atoms with E-state index < -0.39 is 5.97 Å². The van der Waals surface area contributed by atoms with Crippen molar-refractivity contribution in [1.29, 1.82) is 0 Å². The van der Waals surface area contributed by atoms with E-state index in [-0.39, 0.29) is 18.7 Å². The van der Waals surface area contributed by atoms with Gasteiger partial charge in [0.15, 0.2) is 0 Å². The molecule has 0 saturated carbocycles. The minimum absolute atomic E-state index is 0.0125. The van der Waals surface area contributed by atoms with Gasteiger partial charge < -0.3 is 10.4 Å². The Balaban J connectivity index is 2.18. The topological polar surface area (TPSA) is 92.2 Å². The summed E-state index contributed by atoms with van der Waals surface area (Å²) in [6, 6.07) is 0. The molecule has 16 heavy (non-hydrogen) atoms. The maximum Gasteiger partial charge on any atom is 0.303 e. The van der Waals surface area contributed by atoms with E-state index in [4.69, 9.17) is 5.11 Å². The fraction of sp³-hybridized carbons (Fsp3) is 0.400. The van der Waals surface area contributed by atoms with Crippen molar-refractivity contribution in [3.8, 4) is 0 Å². The molecule has 0 aromatic carbocycles. The van der Waals surface area contributed by atoms with E-state index in [0.717, 1.165) is 0 Å². The van der Waals surface area contributed by atoms with Crippen molar-refractivity contribution in [3.05, 3.63) is 24.3 Å². The molecule has 0 spiro atoms. The molecule has 1 heterocycles. The summed E-state index contributed by atoms with van der Waals surface area (Å²) in [7, 11) is 0. The largest absolute Gasteiger partial charge is 0.481 e. The number of carbonyl (C=O) groups is 2. The first-order valence-electron chi connectivity index (χ1n) is 4.92. The quantitative estimate of drug-likeness (QED) is 0.725. The highest BCUT2D eigenvalue weighted by Crippen LogP contribution is 1.96. The Kier molecular flexibility index (Phi) is 4.91. The number of nitrogens with zero attached hydrogens (tertiary/aromatic N) is 2. The van der Waals surface area contributed by atoms with Crippen LogP contribution in [0.25, 0.3) is 0 Å². The van der Waals surface area contributed by atoms with Gasteiger partial charge in [-0.2, -0.15) is 0 Å². The van der Waals surface area contributed by atoms with E-state index in [1.54, 1.807) is 18.6 Å². The molecule has 0 saturated heterocycles. The SMILES string of the molecule is O=C(O)CCCC(=O)NCc1cnccn1. The molecule has 0 radical (unpaired) electrons.